The Morgan fingerprint density at radius 3 is 2.50 bits per heavy atom. The van der Waals surface area contributed by atoms with E-state index in [1.165, 1.54) is 12.1 Å². The Kier molecular flexibility index (Phi) is 2.84. The van der Waals surface area contributed by atoms with Crippen LogP contribution < -0.4 is 0 Å². The first kappa shape index (κ1) is 11.7. The molecule has 2 aromatic carbocycles. The summed E-state index contributed by atoms with van der Waals surface area (Å²) < 4.78 is 12.9. The molecule has 0 saturated carbocycles. The fourth-order valence-electron chi connectivity index (χ4n) is 2.64. The lowest BCUT2D eigenvalue weighted by molar-refractivity contribution is 0.176. The third-order valence-corrected chi connectivity index (χ3v) is 3.75. The minimum Gasteiger partial charge on any atom is -0.388 e. The van der Waals surface area contributed by atoms with Gasteiger partial charge in [0.15, 0.2) is 0 Å². The smallest absolute Gasteiger partial charge is 0.123 e. The summed E-state index contributed by atoms with van der Waals surface area (Å²) in [5.41, 5.74) is 2.98. The second-order valence-corrected chi connectivity index (χ2v) is 5.07. The third kappa shape index (κ3) is 1.92. The molecule has 0 spiro atoms. The minimum absolute atomic E-state index is 0.0919. The van der Waals surface area contributed by atoms with Gasteiger partial charge in [0.05, 0.1) is 6.10 Å². The van der Waals surface area contributed by atoms with Gasteiger partial charge in [-0.3, -0.25) is 0 Å². The van der Waals surface area contributed by atoms with E-state index in [9.17, 15) is 9.50 Å². The lowest BCUT2D eigenvalue weighted by atomic mass is 9.93. The lowest BCUT2D eigenvalue weighted by Gasteiger charge is -2.12. The summed E-state index contributed by atoms with van der Waals surface area (Å²) >= 11 is 6.01. The molecule has 1 aliphatic rings. The Balaban J connectivity index is 2.06. The van der Waals surface area contributed by atoms with Gasteiger partial charge in [0, 0.05) is 10.9 Å². The summed E-state index contributed by atoms with van der Waals surface area (Å²) in [6.45, 7) is 0. The Morgan fingerprint density at radius 2 is 1.78 bits per heavy atom. The van der Waals surface area contributed by atoms with E-state index in [2.05, 4.69) is 0 Å². The van der Waals surface area contributed by atoms with Crippen LogP contribution >= 0.6 is 11.6 Å². The highest BCUT2D eigenvalue weighted by molar-refractivity contribution is 6.30. The van der Waals surface area contributed by atoms with Crippen molar-refractivity contribution in [2.45, 2.75) is 18.4 Å². The van der Waals surface area contributed by atoms with Crippen LogP contribution in [0.5, 0.6) is 0 Å². The number of aliphatic hydroxyl groups excluding tert-OH is 1. The van der Waals surface area contributed by atoms with Crippen LogP contribution in [0.15, 0.2) is 42.5 Å². The van der Waals surface area contributed by atoms with Gasteiger partial charge >= 0.3 is 0 Å². The second-order valence-electron chi connectivity index (χ2n) is 4.63. The first-order valence-electron chi connectivity index (χ1n) is 5.88. The first-order chi connectivity index (χ1) is 8.65. The quantitative estimate of drug-likeness (QED) is 0.822. The van der Waals surface area contributed by atoms with Gasteiger partial charge in [-0.15, -0.1) is 0 Å². The van der Waals surface area contributed by atoms with Crippen LogP contribution in [0.2, 0.25) is 5.02 Å². The number of fused-ring (bicyclic) bond motifs is 1. The van der Waals surface area contributed by atoms with Crippen molar-refractivity contribution in [1.82, 2.24) is 0 Å². The highest BCUT2D eigenvalue weighted by Gasteiger charge is 2.30. The summed E-state index contributed by atoms with van der Waals surface area (Å²) in [7, 11) is 0. The molecule has 0 radical (unpaired) electrons. The van der Waals surface area contributed by atoms with Gasteiger partial charge in [-0.2, -0.15) is 0 Å². The van der Waals surface area contributed by atoms with E-state index < -0.39 is 6.10 Å². The molecule has 0 bridgehead atoms. The SMILES string of the molecule is O[C@@H]1C[C@@H](c2ccc(F)cc2)c2cc(Cl)ccc21. The molecule has 18 heavy (non-hydrogen) atoms. The van der Waals surface area contributed by atoms with Crippen molar-refractivity contribution in [2.75, 3.05) is 0 Å². The highest BCUT2D eigenvalue weighted by Crippen LogP contribution is 2.44. The van der Waals surface area contributed by atoms with Crippen molar-refractivity contribution in [1.29, 1.82) is 0 Å². The topological polar surface area (TPSA) is 20.2 Å². The van der Waals surface area contributed by atoms with Crippen LogP contribution in [-0.2, 0) is 0 Å². The van der Waals surface area contributed by atoms with E-state index in [-0.39, 0.29) is 11.7 Å². The molecule has 0 aliphatic heterocycles. The van der Waals surface area contributed by atoms with Crippen molar-refractivity contribution in [2.24, 2.45) is 0 Å². The molecule has 0 aromatic heterocycles. The van der Waals surface area contributed by atoms with Crippen molar-refractivity contribution < 1.29 is 9.50 Å². The molecule has 92 valence electrons. The van der Waals surface area contributed by atoms with Crippen molar-refractivity contribution in [3.8, 4) is 0 Å². The molecular formula is C15H12ClFO. The maximum absolute atomic E-state index is 12.9. The average molecular weight is 263 g/mol. The van der Waals surface area contributed by atoms with Gasteiger partial charge in [0.1, 0.15) is 5.82 Å². The monoisotopic (exact) mass is 262 g/mol. The fourth-order valence-corrected chi connectivity index (χ4v) is 2.82. The summed E-state index contributed by atoms with van der Waals surface area (Å²) in [4.78, 5) is 0. The second kappa shape index (κ2) is 4.38. The molecule has 2 aromatic rings. The third-order valence-electron chi connectivity index (χ3n) is 3.51. The number of aliphatic hydroxyl groups is 1. The molecule has 0 amide bonds. The number of rotatable bonds is 1. The van der Waals surface area contributed by atoms with Crippen LogP contribution in [0.1, 0.15) is 35.1 Å². The van der Waals surface area contributed by atoms with Gasteiger partial charge in [0.2, 0.25) is 0 Å². The molecular weight excluding hydrogens is 251 g/mol. The van der Waals surface area contributed by atoms with Gasteiger partial charge in [-0.05, 0) is 47.4 Å². The average Bonchev–Trinajstić information content (AvgIpc) is 2.67. The number of hydrogen-bond acceptors (Lipinski definition) is 1. The summed E-state index contributed by atoms with van der Waals surface area (Å²) in [6.07, 6.45) is 0.161. The van der Waals surface area contributed by atoms with Gasteiger partial charge < -0.3 is 5.11 Å². The molecule has 1 N–H and O–H groups in total. The predicted molar refractivity (Wildman–Crippen MR) is 69.3 cm³/mol. The predicted octanol–water partition coefficient (Wildman–Crippen LogP) is 4.05. The molecule has 3 rings (SSSR count). The van der Waals surface area contributed by atoms with E-state index in [4.69, 9.17) is 11.6 Å². The van der Waals surface area contributed by atoms with Crippen molar-refractivity contribution >= 4 is 11.6 Å². The van der Waals surface area contributed by atoms with Gasteiger partial charge in [-0.25, -0.2) is 4.39 Å². The molecule has 0 unspecified atom stereocenters. The number of benzene rings is 2. The van der Waals surface area contributed by atoms with Crippen molar-refractivity contribution in [3.63, 3.8) is 0 Å². The largest absolute Gasteiger partial charge is 0.388 e. The zero-order valence-corrected chi connectivity index (χ0v) is 10.4. The molecule has 2 atom stereocenters. The van der Waals surface area contributed by atoms with Crippen LogP contribution in [-0.4, -0.2) is 5.11 Å². The Hall–Kier alpha value is -1.38. The van der Waals surface area contributed by atoms with E-state index in [0.29, 0.717) is 11.4 Å². The van der Waals surface area contributed by atoms with Crippen molar-refractivity contribution in [3.05, 3.63) is 70.0 Å². The molecule has 0 saturated heterocycles. The first-order valence-corrected chi connectivity index (χ1v) is 6.26. The van der Waals surface area contributed by atoms with E-state index in [1.807, 2.05) is 12.1 Å². The van der Waals surface area contributed by atoms with Gasteiger partial charge in [0.25, 0.3) is 0 Å². The van der Waals surface area contributed by atoms with E-state index in [1.54, 1.807) is 18.2 Å². The van der Waals surface area contributed by atoms with Crippen LogP contribution in [0.3, 0.4) is 0 Å². The summed E-state index contributed by atoms with van der Waals surface area (Å²) in [5, 5.41) is 10.7. The Bertz CT molecular complexity index is 580. The maximum Gasteiger partial charge on any atom is 0.123 e. The molecule has 1 aliphatic carbocycles. The molecule has 0 heterocycles. The fraction of sp³-hybridized carbons (Fsp3) is 0.200. The standard InChI is InChI=1S/C15H12ClFO/c16-10-3-6-12-14(7-10)13(8-15(12)18)9-1-4-11(17)5-2-9/h1-7,13,15,18H,8H2/t13-,15+/m0/s1. The molecule has 3 heteroatoms. The zero-order valence-electron chi connectivity index (χ0n) is 9.61. The maximum atomic E-state index is 12.9. The molecule has 0 fully saturated rings. The van der Waals surface area contributed by atoms with Crippen LogP contribution in [0, 0.1) is 5.82 Å². The van der Waals surface area contributed by atoms with Crippen LogP contribution in [0.4, 0.5) is 4.39 Å². The number of halogens is 2. The zero-order chi connectivity index (χ0) is 12.7. The Labute approximate surface area is 110 Å². The number of hydrogen-bond donors (Lipinski definition) is 1. The Morgan fingerprint density at radius 1 is 1.06 bits per heavy atom. The minimum atomic E-state index is -0.465. The lowest BCUT2D eigenvalue weighted by Crippen LogP contribution is -1.96. The highest BCUT2D eigenvalue weighted by atomic mass is 35.5. The van der Waals surface area contributed by atoms with E-state index >= 15 is 0 Å². The van der Waals surface area contributed by atoms with Gasteiger partial charge in [-0.1, -0.05) is 29.8 Å². The normalized spacial score (nSPS) is 21.9. The van der Waals surface area contributed by atoms with Crippen LogP contribution in [0.25, 0.3) is 0 Å². The van der Waals surface area contributed by atoms with E-state index in [0.717, 1.165) is 16.7 Å². The summed E-state index contributed by atoms with van der Waals surface area (Å²) in [5.74, 6) is -0.155. The molecule has 1 nitrogen and oxygen atoms in total. The summed E-state index contributed by atoms with van der Waals surface area (Å²) in [6, 6.07) is 12.0.